The number of benzene rings is 3. The number of carbonyl (C=O) groups is 1. The molecule has 1 atom stereocenters. The number of amides is 1. The Morgan fingerprint density at radius 2 is 1.91 bits per heavy atom. The molecule has 0 saturated carbocycles. The van der Waals surface area contributed by atoms with Crippen LogP contribution < -0.4 is 15.5 Å². The van der Waals surface area contributed by atoms with E-state index in [4.69, 9.17) is 4.74 Å². The normalized spacial score (nSPS) is 14.8. The van der Waals surface area contributed by atoms with E-state index in [1.807, 2.05) is 62.3 Å². The fraction of sp³-hybridized carbons (Fsp3) is 0.296. The monoisotopic (exact) mass is 465 g/mol. The van der Waals surface area contributed by atoms with Crippen LogP contribution in [0.2, 0.25) is 0 Å². The molecule has 2 N–H and O–H groups in total. The zero-order valence-corrected chi connectivity index (χ0v) is 19.6. The van der Waals surface area contributed by atoms with Crippen molar-refractivity contribution in [1.82, 2.24) is 0 Å². The molecule has 4 rings (SSSR count). The second-order valence-electron chi connectivity index (χ2n) is 8.83. The zero-order valence-electron chi connectivity index (χ0n) is 19.6. The maximum atomic E-state index is 13.7. The summed E-state index contributed by atoms with van der Waals surface area (Å²) in [6, 6.07) is 15.5. The summed E-state index contributed by atoms with van der Waals surface area (Å²) in [5, 5.41) is 6.23. The molecule has 1 amide bonds. The van der Waals surface area contributed by atoms with Gasteiger partial charge >= 0.3 is 6.09 Å². The molecular weight excluding hydrogens is 436 g/mol. The van der Waals surface area contributed by atoms with E-state index in [2.05, 4.69) is 10.6 Å². The lowest BCUT2D eigenvalue weighted by molar-refractivity contribution is 0.155. The van der Waals surface area contributed by atoms with E-state index in [0.29, 0.717) is 11.4 Å². The van der Waals surface area contributed by atoms with Crippen molar-refractivity contribution < 1.29 is 18.3 Å². The van der Waals surface area contributed by atoms with Crippen LogP contribution in [-0.2, 0) is 17.8 Å². The SMILES string of the molecule is Cc1cccc(COC(=O)Nc2ccc3c(c2N(C)C)CCCC3Nc2ccc(F)c(F)c2)c1. The smallest absolute Gasteiger partial charge is 0.412 e. The van der Waals surface area contributed by atoms with Gasteiger partial charge in [-0.3, -0.25) is 5.32 Å². The number of halogens is 2. The van der Waals surface area contributed by atoms with Crippen LogP contribution in [0.25, 0.3) is 0 Å². The summed E-state index contributed by atoms with van der Waals surface area (Å²) in [6.07, 6.45) is 2.13. The van der Waals surface area contributed by atoms with E-state index in [9.17, 15) is 13.6 Å². The van der Waals surface area contributed by atoms with Crippen LogP contribution in [0.4, 0.5) is 30.6 Å². The van der Waals surface area contributed by atoms with Crippen molar-refractivity contribution in [2.45, 2.75) is 38.8 Å². The summed E-state index contributed by atoms with van der Waals surface area (Å²) in [5.74, 6) is -1.74. The quantitative estimate of drug-likeness (QED) is 0.432. The Balaban J connectivity index is 1.53. The predicted molar refractivity (Wildman–Crippen MR) is 131 cm³/mol. The first-order valence-corrected chi connectivity index (χ1v) is 11.4. The van der Waals surface area contributed by atoms with Crippen molar-refractivity contribution in [2.75, 3.05) is 29.6 Å². The molecule has 1 aliphatic carbocycles. The van der Waals surface area contributed by atoms with Crippen LogP contribution in [0.1, 0.15) is 41.1 Å². The Labute approximate surface area is 198 Å². The molecule has 0 bridgehead atoms. The van der Waals surface area contributed by atoms with Crippen LogP contribution in [0, 0.1) is 18.6 Å². The van der Waals surface area contributed by atoms with Gasteiger partial charge in [0.2, 0.25) is 0 Å². The molecule has 3 aromatic rings. The van der Waals surface area contributed by atoms with Gasteiger partial charge in [0.25, 0.3) is 0 Å². The van der Waals surface area contributed by atoms with E-state index < -0.39 is 17.7 Å². The number of nitrogens with zero attached hydrogens (tertiary/aromatic N) is 1. The van der Waals surface area contributed by atoms with Crippen LogP contribution in [0.15, 0.2) is 54.6 Å². The number of carbonyl (C=O) groups excluding carboxylic acids is 1. The van der Waals surface area contributed by atoms with Gasteiger partial charge in [-0.15, -0.1) is 0 Å². The minimum atomic E-state index is -0.876. The summed E-state index contributed by atoms with van der Waals surface area (Å²) in [7, 11) is 3.87. The number of rotatable bonds is 6. The molecule has 0 fully saturated rings. The summed E-state index contributed by atoms with van der Waals surface area (Å²) < 4.78 is 32.5. The number of fused-ring (bicyclic) bond motifs is 1. The average Bonchev–Trinajstić information content (AvgIpc) is 2.80. The van der Waals surface area contributed by atoms with E-state index in [0.717, 1.165) is 53.3 Å². The van der Waals surface area contributed by atoms with Crippen LogP contribution in [-0.4, -0.2) is 20.2 Å². The van der Waals surface area contributed by atoms with Gasteiger partial charge in [-0.25, -0.2) is 13.6 Å². The van der Waals surface area contributed by atoms with Gasteiger partial charge < -0.3 is 15.0 Å². The van der Waals surface area contributed by atoms with E-state index >= 15 is 0 Å². The lowest BCUT2D eigenvalue weighted by Crippen LogP contribution is -2.23. The van der Waals surface area contributed by atoms with Crippen LogP contribution in [0.3, 0.4) is 0 Å². The lowest BCUT2D eigenvalue weighted by atomic mass is 9.85. The minimum Gasteiger partial charge on any atom is -0.444 e. The van der Waals surface area contributed by atoms with Gasteiger partial charge in [-0.2, -0.15) is 0 Å². The van der Waals surface area contributed by atoms with Crippen LogP contribution >= 0.6 is 0 Å². The molecule has 7 heteroatoms. The highest BCUT2D eigenvalue weighted by molar-refractivity contribution is 5.91. The van der Waals surface area contributed by atoms with Crippen molar-refractivity contribution in [3.63, 3.8) is 0 Å². The first-order chi connectivity index (χ1) is 16.3. The van der Waals surface area contributed by atoms with E-state index in [1.54, 1.807) is 6.07 Å². The Bertz CT molecular complexity index is 1200. The fourth-order valence-corrected chi connectivity index (χ4v) is 4.53. The largest absolute Gasteiger partial charge is 0.444 e. The number of nitrogens with one attached hydrogen (secondary N) is 2. The first kappa shape index (κ1) is 23.5. The number of hydrogen-bond acceptors (Lipinski definition) is 4. The van der Waals surface area contributed by atoms with Crippen molar-refractivity contribution in [3.05, 3.63) is 88.5 Å². The molecular formula is C27H29F2N3O2. The molecule has 34 heavy (non-hydrogen) atoms. The third-order valence-corrected chi connectivity index (χ3v) is 6.01. The Morgan fingerprint density at radius 3 is 2.65 bits per heavy atom. The standard InChI is InChI=1S/C27H29F2N3O2/c1-17-6-4-7-18(14-17)16-34-27(33)31-25-13-11-20-21(26(25)32(2)3)8-5-9-24(20)30-19-10-12-22(28)23(29)15-19/h4,6-7,10-15,24,30H,5,8-9,16H2,1-3H3,(H,31,33). The van der Waals surface area contributed by atoms with Crippen LogP contribution in [0.5, 0.6) is 0 Å². The molecule has 0 heterocycles. The Kier molecular flexibility index (Phi) is 7.01. The summed E-state index contributed by atoms with van der Waals surface area (Å²) >= 11 is 0. The van der Waals surface area contributed by atoms with Crippen molar-refractivity contribution in [2.24, 2.45) is 0 Å². The maximum Gasteiger partial charge on any atom is 0.412 e. The summed E-state index contributed by atoms with van der Waals surface area (Å²) in [6.45, 7) is 2.19. The number of aryl methyl sites for hydroxylation is 1. The zero-order chi connectivity index (χ0) is 24.2. The third kappa shape index (κ3) is 5.30. The molecule has 0 saturated heterocycles. The molecule has 1 unspecified atom stereocenters. The number of ether oxygens (including phenoxy) is 1. The molecule has 0 spiro atoms. The second-order valence-corrected chi connectivity index (χ2v) is 8.83. The highest BCUT2D eigenvalue weighted by Crippen LogP contribution is 2.41. The average molecular weight is 466 g/mol. The van der Waals surface area contributed by atoms with Gasteiger partial charge in [-0.05, 0) is 61.1 Å². The maximum absolute atomic E-state index is 13.7. The number of hydrogen-bond donors (Lipinski definition) is 2. The minimum absolute atomic E-state index is 0.0466. The van der Waals surface area contributed by atoms with Gasteiger partial charge in [0.05, 0.1) is 17.4 Å². The first-order valence-electron chi connectivity index (χ1n) is 11.4. The fourth-order valence-electron chi connectivity index (χ4n) is 4.53. The molecule has 1 aliphatic rings. The van der Waals surface area contributed by atoms with Crippen molar-refractivity contribution >= 4 is 23.2 Å². The molecule has 0 radical (unpaired) electrons. The topological polar surface area (TPSA) is 53.6 Å². The predicted octanol–water partition coefficient (Wildman–Crippen LogP) is 6.58. The van der Waals surface area contributed by atoms with Gasteiger partial charge in [0, 0.05) is 25.8 Å². The van der Waals surface area contributed by atoms with Gasteiger partial charge in [-0.1, -0.05) is 35.9 Å². The van der Waals surface area contributed by atoms with Crippen molar-refractivity contribution in [3.8, 4) is 0 Å². The van der Waals surface area contributed by atoms with E-state index in [1.165, 1.54) is 6.07 Å². The molecule has 0 aliphatic heterocycles. The molecule has 3 aromatic carbocycles. The molecule has 178 valence electrons. The van der Waals surface area contributed by atoms with Gasteiger partial charge in [0.1, 0.15) is 6.61 Å². The van der Waals surface area contributed by atoms with E-state index in [-0.39, 0.29) is 12.6 Å². The van der Waals surface area contributed by atoms with Gasteiger partial charge in [0.15, 0.2) is 11.6 Å². The Morgan fingerprint density at radius 1 is 1.09 bits per heavy atom. The lowest BCUT2D eigenvalue weighted by Gasteiger charge is -2.32. The summed E-state index contributed by atoms with van der Waals surface area (Å²) in [4.78, 5) is 14.5. The molecule has 5 nitrogen and oxygen atoms in total. The van der Waals surface area contributed by atoms with Crippen molar-refractivity contribution in [1.29, 1.82) is 0 Å². The molecule has 0 aromatic heterocycles. The summed E-state index contributed by atoms with van der Waals surface area (Å²) in [5.41, 5.74) is 6.36. The Hall–Kier alpha value is -3.61. The highest BCUT2D eigenvalue weighted by atomic mass is 19.2. The third-order valence-electron chi connectivity index (χ3n) is 6.01. The second kappa shape index (κ2) is 10.1. The highest BCUT2D eigenvalue weighted by Gasteiger charge is 2.26. The number of anilines is 3.